The van der Waals surface area contributed by atoms with E-state index in [1.54, 1.807) is 7.11 Å². The Balaban J connectivity index is 1.61. The molecule has 1 aromatic heterocycles. The van der Waals surface area contributed by atoms with E-state index in [4.69, 9.17) is 9.47 Å². The number of aryl methyl sites for hydroxylation is 2. The fraction of sp³-hybridized carbons (Fsp3) is 0.222. The van der Waals surface area contributed by atoms with Gasteiger partial charge in [0.15, 0.2) is 11.0 Å². The molecule has 1 heterocycles. The molecule has 0 bridgehead atoms. The number of nitrogens with zero attached hydrogens (tertiary/aromatic N) is 3. The summed E-state index contributed by atoms with van der Waals surface area (Å²) in [6.07, 6.45) is 0. The van der Waals surface area contributed by atoms with Gasteiger partial charge in [-0.05, 0) is 68.8 Å². The average molecular weight is 489 g/mol. The Hall–Kier alpha value is -3.78. The van der Waals surface area contributed by atoms with Crippen molar-refractivity contribution in [3.63, 3.8) is 0 Å². The summed E-state index contributed by atoms with van der Waals surface area (Å²) in [5, 5.41) is 12.5. The monoisotopic (exact) mass is 488 g/mol. The molecule has 0 spiro atoms. The van der Waals surface area contributed by atoms with E-state index in [2.05, 4.69) is 21.6 Å². The van der Waals surface area contributed by atoms with Crippen LogP contribution in [0.1, 0.15) is 18.1 Å². The number of thioether (sulfide) groups is 1. The molecule has 4 rings (SSSR count). The van der Waals surface area contributed by atoms with Gasteiger partial charge in [-0.1, -0.05) is 41.6 Å². The van der Waals surface area contributed by atoms with Crippen molar-refractivity contribution in [2.75, 3.05) is 24.8 Å². The largest absolute Gasteiger partial charge is 0.495 e. The lowest BCUT2D eigenvalue weighted by molar-refractivity contribution is -0.113. The summed E-state index contributed by atoms with van der Waals surface area (Å²) in [4.78, 5) is 12.8. The molecule has 8 heteroatoms. The first kappa shape index (κ1) is 24.3. The maximum absolute atomic E-state index is 12.8. The zero-order chi connectivity index (χ0) is 24.8. The Morgan fingerprint density at radius 1 is 1.00 bits per heavy atom. The number of anilines is 1. The minimum atomic E-state index is -0.155. The minimum absolute atomic E-state index is 0.155. The van der Waals surface area contributed by atoms with Crippen molar-refractivity contribution in [3.8, 4) is 28.6 Å². The van der Waals surface area contributed by atoms with Crippen LogP contribution in [0.2, 0.25) is 0 Å². The number of carbonyl (C=O) groups is 1. The fourth-order valence-electron chi connectivity index (χ4n) is 3.66. The van der Waals surface area contributed by atoms with Crippen LogP contribution in [-0.4, -0.2) is 40.1 Å². The SMILES string of the molecule is CCOc1ccc(-n2c(SCC(=O)Nc3cc(C)ccc3OC)nnc2-c2cccc(C)c2)cc1. The van der Waals surface area contributed by atoms with Crippen LogP contribution in [0.3, 0.4) is 0 Å². The Kier molecular flexibility index (Phi) is 7.72. The van der Waals surface area contributed by atoms with E-state index in [0.29, 0.717) is 29.0 Å². The number of hydrogen-bond donors (Lipinski definition) is 1. The molecule has 0 saturated heterocycles. The molecule has 180 valence electrons. The molecule has 35 heavy (non-hydrogen) atoms. The van der Waals surface area contributed by atoms with Crippen molar-refractivity contribution in [3.05, 3.63) is 77.9 Å². The Bertz CT molecular complexity index is 1320. The van der Waals surface area contributed by atoms with Crippen LogP contribution in [0, 0.1) is 13.8 Å². The molecule has 0 aliphatic heterocycles. The summed E-state index contributed by atoms with van der Waals surface area (Å²) in [5.74, 6) is 2.13. The molecule has 0 aliphatic rings. The van der Waals surface area contributed by atoms with Crippen LogP contribution in [0.25, 0.3) is 17.1 Å². The zero-order valence-electron chi connectivity index (χ0n) is 20.2. The van der Waals surface area contributed by atoms with Crippen molar-refractivity contribution < 1.29 is 14.3 Å². The van der Waals surface area contributed by atoms with Gasteiger partial charge in [0.1, 0.15) is 11.5 Å². The smallest absolute Gasteiger partial charge is 0.234 e. The van der Waals surface area contributed by atoms with Crippen molar-refractivity contribution in [1.82, 2.24) is 14.8 Å². The second-order valence-corrected chi connectivity index (χ2v) is 8.92. The summed E-state index contributed by atoms with van der Waals surface area (Å²) in [6.45, 7) is 6.56. The van der Waals surface area contributed by atoms with Gasteiger partial charge in [-0.25, -0.2) is 0 Å². The Labute approximate surface area is 209 Å². The summed E-state index contributed by atoms with van der Waals surface area (Å²) < 4.78 is 12.9. The number of ether oxygens (including phenoxy) is 2. The molecule has 7 nitrogen and oxygen atoms in total. The Morgan fingerprint density at radius 3 is 2.49 bits per heavy atom. The summed E-state index contributed by atoms with van der Waals surface area (Å²) in [7, 11) is 1.58. The van der Waals surface area contributed by atoms with Gasteiger partial charge < -0.3 is 14.8 Å². The Morgan fingerprint density at radius 2 is 1.77 bits per heavy atom. The maximum atomic E-state index is 12.8. The van der Waals surface area contributed by atoms with Crippen LogP contribution >= 0.6 is 11.8 Å². The lowest BCUT2D eigenvalue weighted by Gasteiger charge is -2.13. The third kappa shape index (κ3) is 5.84. The molecule has 0 fully saturated rings. The first-order valence-corrected chi connectivity index (χ1v) is 12.3. The van der Waals surface area contributed by atoms with E-state index in [9.17, 15) is 4.79 Å². The van der Waals surface area contributed by atoms with Crippen molar-refractivity contribution in [2.24, 2.45) is 0 Å². The average Bonchev–Trinajstić information content (AvgIpc) is 3.28. The van der Waals surface area contributed by atoms with Crippen molar-refractivity contribution >= 4 is 23.4 Å². The van der Waals surface area contributed by atoms with E-state index in [1.807, 2.05) is 86.0 Å². The van der Waals surface area contributed by atoms with E-state index >= 15 is 0 Å². The van der Waals surface area contributed by atoms with Crippen LogP contribution in [0.5, 0.6) is 11.5 Å². The number of carbonyl (C=O) groups excluding carboxylic acids is 1. The fourth-order valence-corrected chi connectivity index (χ4v) is 4.41. The predicted octanol–water partition coefficient (Wildman–Crippen LogP) is 5.69. The molecule has 1 amide bonds. The molecule has 4 aromatic rings. The predicted molar refractivity (Wildman–Crippen MR) is 140 cm³/mol. The normalized spacial score (nSPS) is 10.7. The van der Waals surface area contributed by atoms with E-state index in [1.165, 1.54) is 11.8 Å². The van der Waals surface area contributed by atoms with Crippen LogP contribution in [0.4, 0.5) is 5.69 Å². The second-order valence-electron chi connectivity index (χ2n) is 7.98. The number of hydrogen-bond acceptors (Lipinski definition) is 6. The van der Waals surface area contributed by atoms with Crippen LogP contribution in [-0.2, 0) is 4.79 Å². The van der Waals surface area contributed by atoms with Gasteiger partial charge in [0.05, 0.1) is 25.2 Å². The standard InChI is InChI=1S/C27H28N4O3S/c1-5-34-22-12-10-21(11-13-22)31-26(20-8-6-7-18(2)15-20)29-30-27(31)35-17-25(32)28-23-16-19(3)9-14-24(23)33-4/h6-16H,5,17H2,1-4H3,(H,28,32). The molecule has 0 aliphatic carbocycles. The summed E-state index contributed by atoms with van der Waals surface area (Å²) >= 11 is 1.33. The van der Waals surface area contributed by atoms with E-state index in [0.717, 1.165) is 28.1 Å². The minimum Gasteiger partial charge on any atom is -0.495 e. The highest BCUT2D eigenvalue weighted by Gasteiger charge is 2.18. The zero-order valence-corrected chi connectivity index (χ0v) is 21.1. The van der Waals surface area contributed by atoms with Crippen LogP contribution in [0.15, 0.2) is 71.9 Å². The van der Waals surface area contributed by atoms with Gasteiger partial charge in [0.2, 0.25) is 5.91 Å². The lowest BCUT2D eigenvalue weighted by Crippen LogP contribution is -2.15. The molecule has 0 saturated carbocycles. The molecule has 0 unspecified atom stereocenters. The van der Waals surface area contributed by atoms with Crippen molar-refractivity contribution in [1.29, 1.82) is 0 Å². The number of amides is 1. The molecular weight excluding hydrogens is 460 g/mol. The van der Waals surface area contributed by atoms with Gasteiger partial charge >= 0.3 is 0 Å². The van der Waals surface area contributed by atoms with E-state index in [-0.39, 0.29) is 11.7 Å². The summed E-state index contributed by atoms with van der Waals surface area (Å²) in [5.41, 5.74) is 4.65. The number of methoxy groups -OCH3 is 1. The molecule has 0 radical (unpaired) electrons. The third-order valence-electron chi connectivity index (χ3n) is 5.28. The first-order chi connectivity index (χ1) is 17.0. The molecule has 3 aromatic carbocycles. The first-order valence-electron chi connectivity index (χ1n) is 11.3. The highest BCUT2D eigenvalue weighted by Crippen LogP contribution is 2.30. The quantitative estimate of drug-likeness (QED) is 0.305. The van der Waals surface area contributed by atoms with Gasteiger partial charge in [-0.3, -0.25) is 9.36 Å². The highest BCUT2D eigenvalue weighted by molar-refractivity contribution is 7.99. The van der Waals surface area contributed by atoms with Gasteiger partial charge in [0, 0.05) is 11.3 Å². The lowest BCUT2D eigenvalue weighted by atomic mass is 10.1. The number of benzene rings is 3. The maximum Gasteiger partial charge on any atom is 0.234 e. The number of nitrogens with one attached hydrogen (secondary N) is 1. The highest BCUT2D eigenvalue weighted by atomic mass is 32.2. The molecular formula is C27H28N4O3S. The van der Waals surface area contributed by atoms with Gasteiger partial charge in [-0.2, -0.15) is 0 Å². The van der Waals surface area contributed by atoms with Crippen LogP contribution < -0.4 is 14.8 Å². The van der Waals surface area contributed by atoms with Crippen molar-refractivity contribution in [2.45, 2.75) is 25.9 Å². The topological polar surface area (TPSA) is 78.3 Å². The van der Waals surface area contributed by atoms with Gasteiger partial charge in [0.25, 0.3) is 0 Å². The summed E-state index contributed by atoms with van der Waals surface area (Å²) in [6, 6.07) is 21.6. The molecule has 1 N–H and O–H groups in total. The van der Waals surface area contributed by atoms with Gasteiger partial charge in [-0.15, -0.1) is 10.2 Å². The van der Waals surface area contributed by atoms with E-state index < -0.39 is 0 Å². The third-order valence-corrected chi connectivity index (χ3v) is 6.21. The number of rotatable bonds is 9. The number of aromatic nitrogens is 3. The second kappa shape index (κ2) is 11.1. The molecule has 0 atom stereocenters.